The molecule has 7 nitrogen and oxygen atoms in total. The number of benzene rings is 3. The second kappa shape index (κ2) is 9.23. The Morgan fingerprint density at radius 3 is 2.17 bits per heavy atom. The van der Waals surface area contributed by atoms with Gasteiger partial charge in [-0.3, -0.25) is 9.59 Å². The number of ketones is 1. The van der Waals surface area contributed by atoms with Crippen LogP contribution >= 0.6 is 0 Å². The molecule has 0 saturated carbocycles. The topological polar surface area (TPSA) is 91.4 Å². The Hall–Kier alpha value is -4.78. The van der Waals surface area contributed by atoms with E-state index in [4.69, 9.17) is 9.15 Å². The van der Waals surface area contributed by atoms with Crippen LogP contribution in [-0.4, -0.2) is 28.6 Å². The number of hydrogen-bond donors (Lipinski definition) is 0. The lowest BCUT2D eigenvalue weighted by atomic mass is 9.95. The highest BCUT2D eigenvalue weighted by Gasteiger charge is 2.27. The molecule has 0 radical (unpaired) electrons. The summed E-state index contributed by atoms with van der Waals surface area (Å²) in [5, 5.41) is 5.32. The summed E-state index contributed by atoms with van der Waals surface area (Å²) in [4.78, 5) is 39.5. The van der Waals surface area contributed by atoms with Crippen molar-refractivity contribution in [3.8, 4) is 22.4 Å². The average Bonchev–Trinajstić information content (AvgIpc) is 3.35. The SMILES string of the molecule is COC(=O)c1c(-c2ccccc2)c(-c2ccccc2)nn(CC(=O)c2cc3ccccc3o2)c1=O. The van der Waals surface area contributed by atoms with Crippen molar-refractivity contribution in [2.24, 2.45) is 0 Å². The summed E-state index contributed by atoms with van der Waals surface area (Å²) in [6, 6.07) is 27.1. The zero-order chi connectivity index (χ0) is 24.4. The first-order valence-electron chi connectivity index (χ1n) is 10.9. The van der Waals surface area contributed by atoms with Crippen LogP contribution in [0.25, 0.3) is 33.4 Å². The van der Waals surface area contributed by atoms with Crippen molar-refractivity contribution >= 4 is 22.7 Å². The second-order valence-electron chi connectivity index (χ2n) is 7.86. The molecule has 5 aromatic rings. The van der Waals surface area contributed by atoms with Crippen molar-refractivity contribution < 1.29 is 18.7 Å². The van der Waals surface area contributed by atoms with Crippen LogP contribution in [0.15, 0.2) is 100 Å². The molecule has 0 atom stereocenters. The van der Waals surface area contributed by atoms with Gasteiger partial charge < -0.3 is 9.15 Å². The van der Waals surface area contributed by atoms with E-state index in [9.17, 15) is 14.4 Å². The fourth-order valence-electron chi connectivity index (χ4n) is 3.99. The summed E-state index contributed by atoms with van der Waals surface area (Å²) in [5.41, 5.74) is 1.70. The Morgan fingerprint density at radius 1 is 0.886 bits per heavy atom. The van der Waals surface area contributed by atoms with E-state index in [2.05, 4.69) is 5.10 Å². The molecule has 0 bridgehead atoms. The largest absolute Gasteiger partial charge is 0.465 e. The first-order chi connectivity index (χ1) is 17.1. The minimum Gasteiger partial charge on any atom is -0.465 e. The van der Waals surface area contributed by atoms with Crippen LogP contribution < -0.4 is 5.56 Å². The van der Waals surface area contributed by atoms with E-state index in [1.54, 1.807) is 24.3 Å². The predicted molar refractivity (Wildman–Crippen MR) is 131 cm³/mol. The molecular formula is C28H20N2O5. The number of rotatable bonds is 6. The van der Waals surface area contributed by atoms with Gasteiger partial charge in [0.1, 0.15) is 17.7 Å². The number of Topliss-reactive ketones (excluding diaryl/α,β-unsaturated/α-hetero) is 1. The smallest absolute Gasteiger partial charge is 0.344 e. The molecule has 35 heavy (non-hydrogen) atoms. The zero-order valence-electron chi connectivity index (χ0n) is 18.8. The summed E-state index contributed by atoms with van der Waals surface area (Å²) >= 11 is 0. The van der Waals surface area contributed by atoms with Crippen molar-refractivity contribution in [1.29, 1.82) is 0 Å². The summed E-state index contributed by atoms with van der Waals surface area (Å²) in [5.74, 6) is -1.15. The normalized spacial score (nSPS) is 10.9. The molecule has 7 heteroatoms. The van der Waals surface area contributed by atoms with Gasteiger partial charge in [-0.05, 0) is 17.7 Å². The molecule has 0 aliphatic heterocycles. The minimum absolute atomic E-state index is 0.105. The molecule has 5 rings (SSSR count). The summed E-state index contributed by atoms with van der Waals surface area (Å²) in [6.45, 7) is -0.405. The van der Waals surface area contributed by atoms with E-state index < -0.39 is 23.9 Å². The predicted octanol–water partition coefficient (Wildman–Crippen LogP) is 4.99. The number of furan rings is 1. The highest BCUT2D eigenvalue weighted by Crippen LogP contribution is 2.32. The molecule has 0 aliphatic rings. The van der Waals surface area contributed by atoms with Gasteiger partial charge in [-0.1, -0.05) is 78.9 Å². The highest BCUT2D eigenvalue weighted by molar-refractivity contribution is 6.01. The maximum atomic E-state index is 13.5. The van der Waals surface area contributed by atoms with Gasteiger partial charge in [-0.2, -0.15) is 5.10 Å². The lowest BCUT2D eigenvalue weighted by Crippen LogP contribution is -2.33. The van der Waals surface area contributed by atoms with E-state index in [0.29, 0.717) is 28.0 Å². The number of aromatic nitrogens is 2. The van der Waals surface area contributed by atoms with Gasteiger partial charge in [0, 0.05) is 16.5 Å². The number of methoxy groups -OCH3 is 1. The maximum absolute atomic E-state index is 13.5. The van der Waals surface area contributed by atoms with Crippen LogP contribution in [0, 0.1) is 0 Å². The van der Waals surface area contributed by atoms with Crippen LogP contribution in [0.5, 0.6) is 0 Å². The van der Waals surface area contributed by atoms with Crippen LogP contribution in [0.1, 0.15) is 20.9 Å². The van der Waals surface area contributed by atoms with Gasteiger partial charge in [0.15, 0.2) is 5.76 Å². The number of fused-ring (bicyclic) bond motifs is 1. The first-order valence-corrected chi connectivity index (χ1v) is 10.9. The number of esters is 1. The van der Waals surface area contributed by atoms with E-state index in [-0.39, 0.29) is 11.3 Å². The Labute approximate surface area is 200 Å². The van der Waals surface area contributed by atoms with Gasteiger partial charge in [-0.25, -0.2) is 9.48 Å². The van der Waals surface area contributed by atoms with Gasteiger partial charge in [0.2, 0.25) is 5.78 Å². The fraction of sp³-hybridized carbons (Fsp3) is 0.0714. The van der Waals surface area contributed by atoms with E-state index in [1.165, 1.54) is 7.11 Å². The number of para-hydroxylation sites is 1. The van der Waals surface area contributed by atoms with Crippen LogP contribution in [0.2, 0.25) is 0 Å². The lowest BCUT2D eigenvalue weighted by Gasteiger charge is -2.16. The molecular weight excluding hydrogens is 444 g/mol. The minimum atomic E-state index is -0.807. The maximum Gasteiger partial charge on any atom is 0.344 e. The third kappa shape index (κ3) is 4.15. The molecule has 2 aromatic heterocycles. The van der Waals surface area contributed by atoms with Gasteiger partial charge in [-0.15, -0.1) is 0 Å². The summed E-state index contributed by atoms with van der Waals surface area (Å²) in [6.07, 6.45) is 0. The molecule has 0 aliphatic carbocycles. The van der Waals surface area contributed by atoms with Crippen LogP contribution in [0.3, 0.4) is 0 Å². The molecule has 0 fully saturated rings. The number of carbonyl (C=O) groups excluding carboxylic acids is 2. The molecule has 2 heterocycles. The van der Waals surface area contributed by atoms with Gasteiger partial charge in [0.05, 0.1) is 12.8 Å². The average molecular weight is 464 g/mol. The Kier molecular flexibility index (Phi) is 5.81. The van der Waals surface area contributed by atoms with Gasteiger partial charge in [0.25, 0.3) is 5.56 Å². The molecule has 0 N–H and O–H groups in total. The fourth-order valence-corrected chi connectivity index (χ4v) is 3.99. The molecule has 172 valence electrons. The Balaban J connectivity index is 1.70. The quantitative estimate of drug-likeness (QED) is 0.260. The second-order valence-corrected chi connectivity index (χ2v) is 7.86. The highest BCUT2D eigenvalue weighted by atomic mass is 16.5. The Bertz CT molecular complexity index is 1570. The van der Waals surface area contributed by atoms with Crippen molar-refractivity contribution in [1.82, 2.24) is 9.78 Å². The van der Waals surface area contributed by atoms with Crippen molar-refractivity contribution in [2.75, 3.05) is 7.11 Å². The summed E-state index contributed by atoms with van der Waals surface area (Å²) < 4.78 is 11.6. The van der Waals surface area contributed by atoms with Crippen LogP contribution in [0.4, 0.5) is 0 Å². The summed E-state index contributed by atoms with van der Waals surface area (Å²) in [7, 11) is 1.21. The van der Waals surface area contributed by atoms with Crippen molar-refractivity contribution in [3.63, 3.8) is 0 Å². The standard InChI is InChI=1S/C28H20N2O5/c1-34-28(33)25-24(18-10-4-2-5-11-18)26(19-12-6-3-7-13-19)29-30(27(25)32)17-21(31)23-16-20-14-8-9-15-22(20)35-23/h2-16H,17H2,1H3. The number of nitrogens with zero attached hydrogens (tertiary/aromatic N) is 2. The van der Waals surface area contributed by atoms with E-state index in [0.717, 1.165) is 10.1 Å². The number of ether oxygens (including phenoxy) is 1. The first kappa shape index (κ1) is 22.0. The Morgan fingerprint density at radius 2 is 1.51 bits per heavy atom. The molecule has 0 unspecified atom stereocenters. The lowest BCUT2D eigenvalue weighted by molar-refractivity contribution is 0.0597. The monoisotopic (exact) mass is 464 g/mol. The molecule has 0 spiro atoms. The molecule has 0 amide bonds. The number of hydrogen-bond acceptors (Lipinski definition) is 6. The van der Waals surface area contributed by atoms with Crippen molar-refractivity contribution in [2.45, 2.75) is 6.54 Å². The third-order valence-electron chi connectivity index (χ3n) is 5.65. The zero-order valence-corrected chi connectivity index (χ0v) is 18.8. The van der Waals surface area contributed by atoms with E-state index in [1.807, 2.05) is 66.7 Å². The third-order valence-corrected chi connectivity index (χ3v) is 5.65. The molecule has 3 aromatic carbocycles. The van der Waals surface area contributed by atoms with Crippen LogP contribution in [-0.2, 0) is 11.3 Å². The van der Waals surface area contributed by atoms with E-state index >= 15 is 0 Å². The van der Waals surface area contributed by atoms with Crippen molar-refractivity contribution in [3.05, 3.63) is 113 Å². The molecule has 0 saturated heterocycles. The van der Waals surface area contributed by atoms with Gasteiger partial charge >= 0.3 is 5.97 Å². The number of carbonyl (C=O) groups is 2.